The van der Waals surface area contributed by atoms with Crippen molar-refractivity contribution in [3.63, 3.8) is 0 Å². The average Bonchev–Trinajstić information content (AvgIpc) is 2.39. The zero-order valence-corrected chi connectivity index (χ0v) is 11.6. The molecular weight excluding hydrogens is 264 g/mol. The van der Waals surface area contributed by atoms with E-state index < -0.39 is 16.6 Å². The molecule has 0 aromatic carbocycles. The van der Waals surface area contributed by atoms with Crippen molar-refractivity contribution in [2.45, 2.75) is 26.4 Å². The Balaban J connectivity index is 3.24. The summed E-state index contributed by atoms with van der Waals surface area (Å²) in [6.45, 7) is 7.03. The van der Waals surface area contributed by atoms with Crippen LogP contribution in [0.2, 0.25) is 0 Å². The highest BCUT2D eigenvalue weighted by Crippen LogP contribution is 2.26. The number of hydrogen-bond acceptors (Lipinski definition) is 6. The van der Waals surface area contributed by atoms with Crippen LogP contribution in [0.15, 0.2) is 18.7 Å². The number of ether oxygens (including phenoxy) is 2. The maximum Gasteiger partial charge on any atom is 0.364 e. The van der Waals surface area contributed by atoms with Crippen LogP contribution < -0.4 is 4.74 Å². The molecule has 0 aliphatic heterocycles. The summed E-state index contributed by atoms with van der Waals surface area (Å²) >= 11 is 0. The minimum absolute atomic E-state index is 0.172. The lowest BCUT2D eigenvalue weighted by Crippen LogP contribution is -2.15. The summed E-state index contributed by atoms with van der Waals surface area (Å²) in [4.78, 5) is 25.7. The lowest BCUT2D eigenvalue weighted by atomic mass is 10.2. The van der Waals surface area contributed by atoms with E-state index in [0.717, 1.165) is 7.11 Å². The quantitative estimate of drug-likeness (QED) is 0.344. The highest BCUT2D eigenvalue weighted by atomic mass is 16.6. The Morgan fingerprint density at radius 1 is 1.65 bits per heavy atom. The molecule has 0 aliphatic carbocycles. The van der Waals surface area contributed by atoms with E-state index >= 15 is 0 Å². The van der Waals surface area contributed by atoms with E-state index in [1.807, 2.05) is 6.92 Å². The highest BCUT2D eigenvalue weighted by molar-refractivity contribution is 5.91. The summed E-state index contributed by atoms with van der Waals surface area (Å²) < 4.78 is 10.0. The third-order valence-electron chi connectivity index (χ3n) is 2.53. The van der Waals surface area contributed by atoms with Crippen LogP contribution in [-0.2, 0) is 4.74 Å². The minimum Gasteiger partial charge on any atom is -0.474 e. The van der Waals surface area contributed by atoms with Gasteiger partial charge in [0.15, 0.2) is 0 Å². The van der Waals surface area contributed by atoms with Crippen molar-refractivity contribution in [3.8, 4) is 5.88 Å². The van der Waals surface area contributed by atoms with Gasteiger partial charge in [-0.25, -0.2) is 4.79 Å². The molecule has 1 aromatic rings. The van der Waals surface area contributed by atoms with Gasteiger partial charge in [0, 0.05) is 18.1 Å². The first-order valence-electron chi connectivity index (χ1n) is 5.92. The molecule has 0 saturated carbocycles. The van der Waals surface area contributed by atoms with Crippen LogP contribution in [0.3, 0.4) is 0 Å². The Bertz CT molecular complexity index is 542. The van der Waals surface area contributed by atoms with Gasteiger partial charge in [-0.15, -0.1) is 6.58 Å². The molecule has 0 saturated heterocycles. The molecule has 0 amide bonds. The molecule has 20 heavy (non-hydrogen) atoms. The summed E-state index contributed by atoms with van der Waals surface area (Å²) in [7, 11) is 1.13. The van der Waals surface area contributed by atoms with Gasteiger partial charge in [-0.3, -0.25) is 10.1 Å². The molecule has 7 nitrogen and oxygen atoms in total. The lowest BCUT2D eigenvalue weighted by Gasteiger charge is -2.14. The predicted molar refractivity (Wildman–Crippen MR) is 71.9 cm³/mol. The fraction of sp³-hybridized carbons (Fsp3) is 0.385. The second-order valence-corrected chi connectivity index (χ2v) is 4.18. The second-order valence-electron chi connectivity index (χ2n) is 4.18. The monoisotopic (exact) mass is 280 g/mol. The lowest BCUT2D eigenvalue weighted by molar-refractivity contribution is -0.385. The Hall–Kier alpha value is -2.44. The number of carbonyl (C=O) groups excluding carboxylic acids is 1. The van der Waals surface area contributed by atoms with E-state index in [4.69, 9.17) is 4.74 Å². The number of rotatable bonds is 6. The molecule has 1 rings (SSSR count). The van der Waals surface area contributed by atoms with Crippen LogP contribution >= 0.6 is 0 Å². The maximum atomic E-state index is 11.6. The van der Waals surface area contributed by atoms with Gasteiger partial charge in [-0.2, -0.15) is 4.98 Å². The smallest absolute Gasteiger partial charge is 0.364 e. The Kier molecular flexibility index (Phi) is 5.19. The van der Waals surface area contributed by atoms with Gasteiger partial charge in [-0.1, -0.05) is 6.08 Å². The number of pyridine rings is 1. The Morgan fingerprint density at radius 2 is 2.30 bits per heavy atom. The van der Waals surface area contributed by atoms with E-state index in [-0.39, 0.29) is 17.7 Å². The molecule has 0 spiro atoms. The number of carbonyl (C=O) groups is 1. The fourth-order valence-corrected chi connectivity index (χ4v) is 1.56. The molecule has 0 radical (unpaired) electrons. The van der Waals surface area contributed by atoms with Crippen molar-refractivity contribution in [1.29, 1.82) is 0 Å². The van der Waals surface area contributed by atoms with Crippen molar-refractivity contribution in [3.05, 3.63) is 40.1 Å². The van der Waals surface area contributed by atoms with Gasteiger partial charge in [0.05, 0.1) is 12.0 Å². The van der Waals surface area contributed by atoms with Crippen LogP contribution in [0, 0.1) is 17.0 Å². The van der Waals surface area contributed by atoms with Crippen LogP contribution in [0.4, 0.5) is 5.69 Å². The molecule has 7 heteroatoms. The van der Waals surface area contributed by atoms with Gasteiger partial charge in [0.2, 0.25) is 11.6 Å². The number of nitro groups is 1. The molecular formula is C13H16N2O5. The highest BCUT2D eigenvalue weighted by Gasteiger charge is 2.26. The van der Waals surface area contributed by atoms with Crippen LogP contribution in [0.25, 0.3) is 0 Å². The molecule has 1 aromatic heterocycles. The molecule has 0 bridgehead atoms. The van der Waals surface area contributed by atoms with Crippen molar-refractivity contribution in [2.75, 3.05) is 7.11 Å². The minimum atomic E-state index is -0.877. The van der Waals surface area contributed by atoms with E-state index in [1.54, 1.807) is 13.0 Å². The summed E-state index contributed by atoms with van der Waals surface area (Å²) in [5.74, 6) is -0.705. The van der Waals surface area contributed by atoms with E-state index in [0.29, 0.717) is 12.0 Å². The maximum absolute atomic E-state index is 11.6. The first-order valence-corrected chi connectivity index (χ1v) is 5.92. The first kappa shape index (κ1) is 15.6. The fourth-order valence-electron chi connectivity index (χ4n) is 1.56. The molecule has 0 unspecified atom stereocenters. The second kappa shape index (κ2) is 6.65. The standard InChI is InChI=1S/C13H16N2O5/c1-5-6-9(3)20-12-8(2)7-10(15(17)18)11(14-12)13(16)19-4/h5,7,9H,1,6H2,2-4H3/t9-/m1/s1. The SMILES string of the molecule is C=CC[C@@H](C)Oc1nc(C(=O)OC)c([N+](=O)[O-])cc1C. The molecule has 1 heterocycles. The number of nitrogens with zero attached hydrogens (tertiary/aromatic N) is 2. The Labute approximate surface area is 116 Å². The van der Waals surface area contributed by atoms with Crippen LogP contribution in [0.5, 0.6) is 5.88 Å². The number of aryl methyl sites for hydroxylation is 1. The average molecular weight is 280 g/mol. The third-order valence-corrected chi connectivity index (χ3v) is 2.53. The van der Waals surface area contributed by atoms with Gasteiger partial charge in [-0.05, 0) is 13.8 Å². The summed E-state index contributed by atoms with van der Waals surface area (Å²) in [5.41, 5.74) is -0.303. The number of aromatic nitrogens is 1. The van der Waals surface area contributed by atoms with E-state index in [9.17, 15) is 14.9 Å². The molecule has 108 valence electrons. The van der Waals surface area contributed by atoms with Crippen LogP contribution in [0.1, 0.15) is 29.4 Å². The van der Waals surface area contributed by atoms with Gasteiger partial charge < -0.3 is 9.47 Å². The largest absolute Gasteiger partial charge is 0.474 e. The van der Waals surface area contributed by atoms with Crippen molar-refractivity contribution < 1.29 is 19.2 Å². The summed E-state index contributed by atoms with van der Waals surface area (Å²) in [5, 5.41) is 10.9. The topological polar surface area (TPSA) is 91.6 Å². The van der Waals surface area contributed by atoms with Gasteiger partial charge >= 0.3 is 11.7 Å². The van der Waals surface area contributed by atoms with Crippen molar-refractivity contribution >= 4 is 11.7 Å². The van der Waals surface area contributed by atoms with Crippen LogP contribution in [-0.4, -0.2) is 29.1 Å². The number of hydrogen-bond donors (Lipinski definition) is 0. The van der Waals surface area contributed by atoms with Gasteiger partial charge in [0.1, 0.15) is 6.10 Å². The zero-order chi connectivity index (χ0) is 15.3. The first-order chi connectivity index (χ1) is 9.40. The molecule has 0 N–H and O–H groups in total. The van der Waals surface area contributed by atoms with Crippen molar-refractivity contribution in [1.82, 2.24) is 4.98 Å². The normalized spacial score (nSPS) is 11.6. The summed E-state index contributed by atoms with van der Waals surface area (Å²) in [6, 6.07) is 1.25. The van der Waals surface area contributed by atoms with Gasteiger partial charge in [0.25, 0.3) is 0 Å². The molecule has 1 atom stereocenters. The zero-order valence-electron chi connectivity index (χ0n) is 11.6. The number of methoxy groups -OCH3 is 1. The predicted octanol–water partition coefficient (Wildman–Crippen LogP) is 2.43. The van der Waals surface area contributed by atoms with Crippen molar-refractivity contribution in [2.24, 2.45) is 0 Å². The summed E-state index contributed by atoms with van der Waals surface area (Å²) in [6.07, 6.45) is 2.07. The van der Waals surface area contributed by atoms with E-state index in [1.165, 1.54) is 6.07 Å². The third kappa shape index (κ3) is 3.53. The Morgan fingerprint density at radius 3 is 2.80 bits per heavy atom. The van der Waals surface area contributed by atoms with E-state index in [2.05, 4.69) is 16.3 Å². The molecule has 0 aliphatic rings. The molecule has 0 fully saturated rings. The number of esters is 1.